The maximum absolute atomic E-state index is 12.0. The van der Waals surface area contributed by atoms with Crippen LogP contribution >= 0.6 is 0 Å². The van der Waals surface area contributed by atoms with Crippen molar-refractivity contribution in [2.75, 3.05) is 14.2 Å². The molecule has 0 bridgehead atoms. The highest BCUT2D eigenvalue weighted by molar-refractivity contribution is 6.01. The molecule has 0 unspecified atom stereocenters. The summed E-state index contributed by atoms with van der Waals surface area (Å²) in [6.45, 7) is 3.93. The van der Waals surface area contributed by atoms with E-state index in [1.54, 1.807) is 0 Å². The standard InChI is InChI=1S/C14H18O5/c1-8-6-14(12(16)18-2,13(17)19-3)7-10(8)9-4-5-11(9)15/h9-10H,1,4-7H2,2-3H3/t9-,10-/m1/s1. The monoisotopic (exact) mass is 266 g/mol. The third-order valence-electron chi connectivity index (χ3n) is 4.37. The van der Waals surface area contributed by atoms with Crippen LogP contribution in [-0.2, 0) is 23.9 Å². The molecule has 0 aromatic carbocycles. The summed E-state index contributed by atoms with van der Waals surface area (Å²) in [5, 5.41) is 0. The summed E-state index contributed by atoms with van der Waals surface area (Å²) >= 11 is 0. The average molecular weight is 266 g/mol. The molecule has 0 aromatic rings. The van der Waals surface area contributed by atoms with E-state index >= 15 is 0 Å². The first kappa shape index (κ1) is 13.8. The maximum Gasteiger partial charge on any atom is 0.323 e. The molecule has 0 saturated heterocycles. The number of rotatable bonds is 3. The molecule has 2 saturated carbocycles. The summed E-state index contributed by atoms with van der Waals surface area (Å²) < 4.78 is 9.50. The molecular formula is C14H18O5. The van der Waals surface area contributed by atoms with Gasteiger partial charge in [-0.3, -0.25) is 14.4 Å². The minimum Gasteiger partial charge on any atom is -0.468 e. The molecular weight excluding hydrogens is 248 g/mol. The second kappa shape index (κ2) is 4.79. The minimum absolute atomic E-state index is 0.0938. The number of allylic oxidation sites excluding steroid dienone is 1. The molecule has 0 aliphatic heterocycles. The molecule has 0 radical (unpaired) electrons. The second-order valence-electron chi connectivity index (χ2n) is 5.32. The van der Waals surface area contributed by atoms with Gasteiger partial charge in [-0.25, -0.2) is 0 Å². The number of ether oxygens (including phenoxy) is 2. The molecule has 2 aliphatic rings. The first-order valence-electron chi connectivity index (χ1n) is 6.33. The molecule has 2 fully saturated rings. The molecule has 19 heavy (non-hydrogen) atoms. The van der Waals surface area contributed by atoms with Crippen LogP contribution in [0.5, 0.6) is 0 Å². The number of ketones is 1. The van der Waals surface area contributed by atoms with Crippen molar-refractivity contribution in [3.8, 4) is 0 Å². The molecule has 2 aliphatic carbocycles. The normalized spacial score (nSPS) is 28.7. The van der Waals surface area contributed by atoms with E-state index in [9.17, 15) is 14.4 Å². The van der Waals surface area contributed by atoms with E-state index in [-0.39, 0.29) is 30.5 Å². The number of hydrogen-bond donors (Lipinski definition) is 0. The van der Waals surface area contributed by atoms with E-state index in [0.717, 1.165) is 12.0 Å². The van der Waals surface area contributed by atoms with E-state index in [1.165, 1.54) is 14.2 Å². The van der Waals surface area contributed by atoms with E-state index < -0.39 is 17.4 Å². The van der Waals surface area contributed by atoms with Gasteiger partial charge in [0.25, 0.3) is 0 Å². The lowest BCUT2D eigenvalue weighted by Gasteiger charge is -2.31. The molecule has 0 N–H and O–H groups in total. The third kappa shape index (κ3) is 1.97. The summed E-state index contributed by atoms with van der Waals surface area (Å²) in [5.41, 5.74) is -0.546. The van der Waals surface area contributed by atoms with Crippen LogP contribution in [0, 0.1) is 17.3 Å². The largest absolute Gasteiger partial charge is 0.468 e. The lowest BCUT2D eigenvalue weighted by atomic mass is 9.71. The van der Waals surface area contributed by atoms with Gasteiger partial charge in [-0.2, -0.15) is 0 Å². The number of hydrogen-bond acceptors (Lipinski definition) is 5. The van der Waals surface area contributed by atoms with Crippen molar-refractivity contribution < 1.29 is 23.9 Å². The van der Waals surface area contributed by atoms with Gasteiger partial charge in [0.05, 0.1) is 14.2 Å². The highest BCUT2D eigenvalue weighted by Gasteiger charge is 2.57. The Hall–Kier alpha value is -1.65. The van der Waals surface area contributed by atoms with Crippen LogP contribution in [0.1, 0.15) is 25.7 Å². The summed E-state index contributed by atoms with van der Waals surface area (Å²) in [6, 6.07) is 0. The average Bonchev–Trinajstić information content (AvgIpc) is 2.74. The lowest BCUT2D eigenvalue weighted by Crippen LogP contribution is -2.40. The number of Topliss-reactive ketones (excluding diaryl/α,β-unsaturated/α-hetero) is 1. The Morgan fingerprint density at radius 1 is 1.21 bits per heavy atom. The van der Waals surface area contributed by atoms with Crippen LogP contribution in [0.15, 0.2) is 12.2 Å². The molecule has 0 heterocycles. The number of carbonyl (C=O) groups excluding carboxylic acids is 3. The van der Waals surface area contributed by atoms with Crippen molar-refractivity contribution in [3.63, 3.8) is 0 Å². The van der Waals surface area contributed by atoms with Crippen LogP contribution in [0.25, 0.3) is 0 Å². The molecule has 2 rings (SSSR count). The minimum atomic E-state index is -1.32. The first-order chi connectivity index (χ1) is 8.96. The fourth-order valence-corrected chi connectivity index (χ4v) is 3.18. The van der Waals surface area contributed by atoms with Gasteiger partial charge in [-0.05, 0) is 25.2 Å². The zero-order valence-corrected chi connectivity index (χ0v) is 11.2. The fraction of sp³-hybridized carbons (Fsp3) is 0.643. The second-order valence-corrected chi connectivity index (χ2v) is 5.32. The Kier molecular flexibility index (Phi) is 3.47. The smallest absolute Gasteiger partial charge is 0.323 e. The maximum atomic E-state index is 12.0. The topological polar surface area (TPSA) is 69.7 Å². The van der Waals surface area contributed by atoms with Gasteiger partial charge >= 0.3 is 11.9 Å². The third-order valence-corrected chi connectivity index (χ3v) is 4.37. The van der Waals surface area contributed by atoms with Crippen molar-refractivity contribution in [2.24, 2.45) is 17.3 Å². The van der Waals surface area contributed by atoms with Crippen molar-refractivity contribution in [1.82, 2.24) is 0 Å². The van der Waals surface area contributed by atoms with Gasteiger partial charge < -0.3 is 9.47 Å². The van der Waals surface area contributed by atoms with Crippen LogP contribution in [0.2, 0.25) is 0 Å². The summed E-state index contributed by atoms with van der Waals surface area (Å²) in [5.74, 6) is -1.22. The van der Waals surface area contributed by atoms with Crippen molar-refractivity contribution in [2.45, 2.75) is 25.7 Å². The quantitative estimate of drug-likeness (QED) is 0.437. The highest BCUT2D eigenvalue weighted by Crippen LogP contribution is 2.52. The molecule has 5 heteroatoms. The molecule has 2 atom stereocenters. The molecule has 104 valence electrons. The summed E-state index contributed by atoms with van der Waals surface area (Å²) in [7, 11) is 2.50. The molecule has 0 aromatic heterocycles. The van der Waals surface area contributed by atoms with Gasteiger partial charge in [-0.1, -0.05) is 12.2 Å². The highest BCUT2D eigenvalue weighted by atomic mass is 16.5. The SMILES string of the molecule is C=C1CC(C(=O)OC)(C(=O)OC)C[C@H]1[C@H]1CCC1=O. The number of carbonyl (C=O) groups is 3. The predicted molar refractivity (Wildman–Crippen MR) is 66.1 cm³/mol. The van der Waals surface area contributed by atoms with Gasteiger partial charge in [0.2, 0.25) is 0 Å². The lowest BCUT2D eigenvalue weighted by molar-refractivity contribution is -0.169. The van der Waals surface area contributed by atoms with Crippen LogP contribution in [0.3, 0.4) is 0 Å². The van der Waals surface area contributed by atoms with E-state index in [0.29, 0.717) is 6.42 Å². The molecule has 5 nitrogen and oxygen atoms in total. The van der Waals surface area contributed by atoms with E-state index in [4.69, 9.17) is 9.47 Å². The summed E-state index contributed by atoms with van der Waals surface area (Å²) in [4.78, 5) is 35.6. The van der Waals surface area contributed by atoms with E-state index in [2.05, 4.69) is 6.58 Å². The Balaban J connectivity index is 2.27. The Labute approximate surface area is 111 Å². The van der Waals surface area contributed by atoms with Crippen molar-refractivity contribution in [3.05, 3.63) is 12.2 Å². The van der Waals surface area contributed by atoms with Gasteiger partial charge in [0, 0.05) is 12.3 Å². The van der Waals surface area contributed by atoms with Crippen LogP contribution in [-0.4, -0.2) is 31.9 Å². The number of esters is 2. The Morgan fingerprint density at radius 3 is 2.16 bits per heavy atom. The van der Waals surface area contributed by atoms with Gasteiger partial charge in [0.1, 0.15) is 5.78 Å². The summed E-state index contributed by atoms with van der Waals surface area (Å²) in [6.07, 6.45) is 1.86. The van der Waals surface area contributed by atoms with Gasteiger partial charge in [-0.15, -0.1) is 0 Å². The zero-order chi connectivity index (χ0) is 14.2. The van der Waals surface area contributed by atoms with E-state index in [1.807, 2.05) is 0 Å². The van der Waals surface area contributed by atoms with Crippen molar-refractivity contribution >= 4 is 17.7 Å². The predicted octanol–water partition coefficient (Wildman–Crippen LogP) is 1.26. The Bertz CT molecular complexity index is 435. The molecule has 0 spiro atoms. The van der Waals surface area contributed by atoms with Crippen LogP contribution in [0.4, 0.5) is 0 Å². The Morgan fingerprint density at radius 2 is 1.79 bits per heavy atom. The zero-order valence-electron chi connectivity index (χ0n) is 11.2. The first-order valence-corrected chi connectivity index (χ1v) is 6.33. The molecule has 0 amide bonds. The number of methoxy groups -OCH3 is 2. The van der Waals surface area contributed by atoms with Gasteiger partial charge in [0.15, 0.2) is 5.41 Å². The van der Waals surface area contributed by atoms with Crippen molar-refractivity contribution in [1.29, 1.82) is 0 Å². The fourth-order valence-electron chi connectivity index (χ4n) is 3.18. The van der Waals surface area contributed by atoms with Crippen LogP contribution < -0.4 is 0 Å².